The highest BCUT2D eigenvalue weighted by Gasteiger charge is 2.32. The van der Waals surface area contributed by atoms with Crippen molar-refractivity contribution in [3.05, 3.63) is 46.4 Å². The molecule has 2 N–H and O–H groups in total. The Hall–Kier alpha value is -1.42. The molecule has 0 amide bonds. The van der Waals surface area contributed by atoms with Crippen LogP contribution in [0.3, 0.4) is 0 Å². The minimum atomic E-state index is -5.07. The van der Waals surface area contributed by atoms with E-state index in [4.69, 9.17) is 23.2 Å². The van der Waals surface area contributed by atoms with Gasteiger partial charge in [-0.05, 0) is 22.9 Å². The quantitative estimate of drug-likeness (QED) is 0.494. The molecule has 3 aromatic carbocycles. The van der Waals surface area contributed by atoms with Crippen molar-refractivity contribution >= 4 is 65.0 Å². The predicted octanol–water partition coefficient (Wildman–Crippen LogP) is 3.79. The smallest absolute Gasteiger partial charge is 0.282 e. The Bertz CT molecular complexity index is 1220. The number of rotatable bonds is 2. The van der Waals surface area contributed by atoms with Crippen LogP contribution < -0.4 is 0 Å². The average Bonchev–Trinajstić information content (AvgIpc) is 2.46. The van der Waals surface area contributed by atoms with Gasteiger partial charge in [0, 0.05) is 10.8 Å². The highest BCUT2D eigenvalue weighted by atomic mass is 35.5. The normalized spacial score (nSPS) is 12.8. The summed E-state index contributed by atoms with van der Waals surface area (Å²) in [5.74, 6) is 0. The van der Waals surface area contributed by atoms with Crippen LogP contribution in [0, 0.1) is 0 Å². The Morgan fingerprint density at radius 2 is 1.17 bits per heavy atom. The summed E-state index contributed by atoms with van der Waals surface area (Å²) in [5.41, 5.74) is 0. The van der Waals surface area contributed by atoms with E-state index in [0.717, 1.165) is 0 Å². The maximum Gasteiger partial charge on any atom is 0.297 e. The lowest BCUT2D eigenvalue weighted by Crippen LogP contribution is -2.10. The first-order valence-electron chi connectivity index (χ1n) is 6.30. The summed E-state index contributed by atoms with van der Waals surface area (Å²) in [7, 11) is -10.1. The van der Waals surface area contributed by atoms with E-state index >= 15 is 0 Å². The van der Waals surface area contributed by atoms with Crippen molar-refractivity contribution in [2.24, 2.45) is 0 Å². The van der Waals surface area contributed by atoms with Gasteiger partial charge in [-0.25, -0.2) is 0 Å². The van der Waals surface area contributed by atoms with Crippen molar-refractivity contribution in [1.29, 1.82) is 0 Å². The fourth-order valence-corrected chi connectivity index (χ4v) is 5.48. The van der Waals surface area contributed by atoms with Crippen LogP contribution in [0.1, 0.15) is 0 Å². The monoisotopic (exact) mass is 406 g/mol. The number of fused-ring (bicyclic) bond motifs is 2. The van der Waals surface area contributed by atoms with Gasteiger partial charge in [0.1, 0.15) is 9.79 Å². The highest BCUT2D eigenvalue weighted by molar-refractivity contribution is 7.89. The fourth-order valence-electron chi connectivity index (χ4n) is 2.54. The Labute approximate surface area is 147 Å². The first kappa shape index (κ1) is 17.4. The van der Waals surface area contributed by atoms with Gasteiger partial charge >= 0.3 is 0 Å². The van der Waals surface area contributed by atoms with Crippen LogP contribution >= 0.6 is 23.2 Å². The Morgan fingerprint density at radius 3 is 1.62 bits per heavy atom. The third-order valence-corrected chi connectivity index (χ3v) is 6.45. The number of benzene rings is 3. The lowest BCUT2D eigenvalue weighted by Gasteiger charge is -2.14. The minimum Gasteiger partial charge on any atom is -0.282 e. The van der Waals surface area contributed by atoms with Crippen LogP contribution in [0.4, 0.5) is 0 Å². The molecule has 0 radical (unpaired) electrons. The summed E-state index contributed by atoms with van der Waals surface area (Å²) in [6.45, 7) is 0. The van der Waals surface area contributed by atoms with Crippen LogP contribution in [0.5, 0.6) is 0 Å². The minimum absolute atomic E-state index is 0.125. The van der Waals surface area contributed by atoms with E-state index in [9.17, 15) is 25.9 Å². The van der Waals surface area contributed by atoms with Crippen molar-refractivity contribution in [3.8, 4) is 0 Å². The zero-order valence-corrected chi connectivity index (χ0v) is 14.7. The van der Waals surface area contributed by atoms with Gasteiger partial charge in [-0.1, -0.05) is 47.5 Å². The molecule has 0 aliphatic rings. The van der Waals surface area contributed by atoms with Gasteiger partial charge in [-0.2, -0.15) is 16.8 Å². The lowest BCUT2D eigenvalue weighted by molar-refractivity contribution is 0.468. The van der Waals surface area contributed by atoms with Gasteiger partial charge in [0.2, 0.25) is 0 Å². The lowest BCUT2D eigenvalue weighted by atomic mass is 10.0. The maximum atomic E-state index is 11.8. The maximum absolute atomic E-state index is 11.8. The molecule has 0 aromatic heterocycles. The van der Waals surface area contributed by atoms with Gasteiger partial charge in [0.05, 0.1) is 10.0 Å². The highest BCUT2D eigenvalue weighted by Crippen LogP contribution is 2.43. The largest absolute Gasteiger partial charge is 0.297 e. The van der Waals surface area contributed by atoms with Gasteiger partial charge in [-0.3, -0.25) is 9.11 Å². The zero-order valence-electron chi connectivity index (χ0n) is 11.6. The molecular weight excluding hydrogens is 399 g/mol. The van der Waals surface area contributed by atoms with E-state index < -0.39 is 35.0 Å². The molecule has 0 aliphatic heterocycles. The second-order valence-electron chi connectivity index (χ2n) is 4.98. The third-order valence-electron chi connectivity index (χ3n) is 3.48. The first-order valence-corrected chi connectivity index (χ1v) is 9.94. The van der Waals surface area contributed by atoms with Gasteiger partial charge in [0.25, 0.3) is 20.2 Å². The molecule has 10 heteroatoms. The Kier molecular flexibility index (Phi) is 4.03. The standard InChI is InChI=1S/C14H8Cl2O6S2/c15-11-9-5-7-3-1-2-4-8(7)6-10(9)13(23(17,18)19)14(12(11)16)24(20,21)22/h1-6H,(H,17,18,19)(H,20,21,22). The molecular formula is C14H8Cl2O6S2. The van der Waals surface area contributed by atoms with Crippen molar-refractivity contribution < 1.29 is 25.9 Å². The second kappa shape index (κ2) is 5.55. The third kappa shape index (κ3) is 2.75. The molecule has 0 aliphatic carbocycles. The molecule has 126 valence electrons. The Morgan fingerprint density at radius 1 is 0.708 bits per heavy atom. The number of hydrogen-bond acceptors (Lipinski definition) is 4. The molecule has 0 atom stereocenters. The van der Waals surface area contributed by atoms with Crippen molar-refractivity contribution in [2.75, 3.05) is 0 Å². The van der Waals surface area contributed by atoms with Crippen molar-refractivity contribution in [3.63, 3.8) is 0 Å². The van der Waals surface area contributed by atoms with Crippen LogP contribution in [0.2, 0.25) is 10.0 Å². The molecule has 0 saturated carbocycles. The van der Waals surface area contributed by atoms with E-state index in [1.807, 2.05) is 0 Å². The molecule has 0 saturated heterocycles. The van der Waals surface area contributed by atoms with Gasteiger partial charge < -0.3 is 0 Å². The molecule has 24 heavy (non-hydrogen) atoms. The van der Waals surface area contributed by atoms with E-state index in [1.165, 1.54) is 12.1 Å². The van der Waals surface area contributed by atoms with E-state index in [1.54, 1.807) is 24.3 Å². The molecule has 0 fully saturated rings. The van der Waals surface area contributed by atoms with Crippen molar-refractivity contribution in [1.82, 2.24) is 0 Å². The second-order valence-corrected chi connectivity index (χ2v) is 8.45. The molecule has 3 rings (SSSR count). The van der Waals surface area contributed by atoms with Crippen LogP contribution in [0.25, 0.3) is 21.5 Å². The number of halogens is 2. The molecule has 0 unspecified atom stereocenters. The number of hydrogen-bond donors (Lipinski definition) is 2. The summed E-state index contributed by atoms with van der Waals surface area (Å²) in [5, 5.41) is 0.295. The summed E-state index contributed by atoms with van der Waals surface area (Å²) < 4.78 is 65.7. The molecule has 6 nitrogen and oxygen atoms in total. The summed E-state index contributed by atoms with van der Waals surface area (Å²) in [6.07, 6.45) is 0. The molecule has 3 aromatic rings. The van der Waals surface area contributed by atoms with E-state index in [2.05, 4.69) is 0 Å². The SMILES string of the molecule is O=S(=O)(O)c1c(Cl)c(Cl)c2cc3ccccc3cc2c1S(=O)(=O)O. The van der Waals surface area contributed by atoms with Gasteiger partial charge in [0.15, 0.2) is 0 Å². The molecule has 0 bridgehead atoms. The first-order chi connectivity index (χ1) is 11.0. The van der Waals surface area contributed by atoms with Crippen LogP contribution in [-0.2, 0) is 20.2 Å². The average molecular weight is 407 g/mol. The summed E-state index contributed by atoms with van der Waals surface area (Å²) in [4.78, 5) is -2.17. The van der Waals surface area contributed by atoms with Gasteiger partial charge in [-0.15, -0.1) is 0 Å². The van der Waals surface area contributed by atoms with Crippen LogP contribution in [0.15, 0.2) is 46.2 Å². The van der Waals surface area contributed by atoms with Crippen LogP contribution in [-0.4, -0.2) is 25.9 Å². The van der Waals surface area contributed by atoms with Crippen molar-refractivity contribution in [2.45, 2.75) is 9.79 Å². The van der Waals surface area contributed by atoms with E-state index in [-0.39, 0.29) is 15.8 Å². The topological polar surface area (TPSA) is 109 Å². The van der Waals surface area contributed by atoms with E-state index in [0.29, 0.717) is 10.8 Å². The predicted molar refractivity (Wildman–Crippen MR) is 91.1 cm³/mol. The fraction of sp³-hybridized carbons (Fsp3) is 0. The molecule has 0 heterocycles. The molecule has 0 spiro atoms. The summed E-state index contributed by atoms with van der Waals surface area (Å²) in [6, 6.07) is 9.72. The Balaban J connectivity index is 2.73. The zero-order chi connectivity index (χ0) is 17.9. The summed E-state index contributed by atoms with van der Waals surface area (Å²) >= 11 is 11.9.